The number of nitrogens with zero attached hydrogens (tertiary/aromatic N) is 1. The second-order valence-corrected chi connectivity index (χ2v) is 5.83. The van der Waals surface area contributed by atoms with Crippen LogP contribution in [-0.2, 0) is 0 Å². The number of benzene rings is 3. The summed E-state index contributed by atoms with van der Waals surface area (Å²) in [5, 5.41) is 5.32. The van der Waals surface area contributed by atoms with E-state index in [4.69, 9.17) is 0 Å². The first-order valence-electron chi connectivity index (χ1n) is 5.96. The third-order valence-corrected chi connectivity index (χ3v) is 4.25. The molecule has 0 fully saturated rings. The summed E-state index contributed by atoms with van der Waals surface area (Å²) in [6.45, 7) is 0. The van der Waals surface area contributed by atoms with Crippen molar-refractivity contribution < 1.29 is 0 Å². The van der Waals surface area contributed by atoms with Crippen LogP contribution in [0, 0.1) is 3.57 Å². The van der Waals surface area contributed by atoms with Crippen LogP contribution in [0.5, 0.6) is 0 Å². The Morgan fingerprint density at radius 3 is 2.11 bits per heavy atom. The highest BCUT2D eigenvalue weighted by Gasteiger charge is 2.08. The average Bonchev–Trinajstić information content (AvgIpc) is 2.38. The molecule has 90 valence electrons. The Hall–Kier alpha value is -1.29. The van der Waals surface area contributed by atoms with Crippen molar-refractivity contribution in [1.29, 1.82) is 0 Å². The molecule has 0 saturated heterocycles. The molecule has 2 heteroatoms. The summed E-state index contributed by atoms with van der Waals surface area (Å²) in [4.78, 5) is 2.19. The number of hydrogen-bond acceptors (Lipinski definition) is 1. The minimum atomic E-state index is 1.28. The fourth-order valence-corrected chi connectivity index (χ4v) is 3.10. The highest BCUT2D eigenvalue weighted by molar-refractivity contribution is 14.1. The van der Waals surface area contributed by atoms with Gasteiger partial charge in [0.05, 0.1) is 0 Å². The summed E-state index contributed by atoms with van der Waals surface area (Å²) in [7, 11) is 4.20. The SMILES string of the molecule is CN(C)c1cc2c(I)cccc2c2ccccc12. The minimum absolute atomic E-state index is 1.28. The number of hydrogen-bond donors (Lipinski definition) is 0. The Labute approximate surface area is 121 Å². The molecule has 0 spiro atoms. The number of anilines is 1. The molecular formula is C16H14IN. The maximum atomic E-state index is 2.41. The van der Waals surface area contributed by atoms with Crippen molar-refractivity contribution >= 4 is 49.8 Å². The van der Waals surface area contributed by atoms with E-state index in [2.05, 4.69) is 90.1 Å². The van der Waals surface area contributed by atoms with Crippen LogP contribution in [0.1, 0.15) is 0 Å². The molecular weight excluding hydrogens is 333 g/mol. The molecule has 0 atom stereocenters. The van der Waals surface area contributed by atoms with Gasteiger partial charge in [-0.2, -0.15) is 0 Å². The molecule has 3 aromatic carbocycles. The Kier molecular flexibility index (Phi) is 2.90. The van der Waals surface area contributed by atoms with E-state index in [1.807, 2.05) is 0 Å². The molecule has 0 aromatic heterocycles. The normalized spacial score (nSPS) is 11.1. The standard InChI is InChI=1S/C16H14IN/c1-18(2)16-10-14-12(8-5-9-15(14)17)11-6-3-4-7-13(11)16/h3-10H,1-2H3. The second kappa shape index (κ2) is 4.43. The Bertz CT molecular complexity index is 732. The molecule has 0 aliphatic rings. The zero-order valence-electron chi connectivity index (χ0n) is 10.4. The first-order chi connectivity index (χ1) is 8.68. The maximum Gasteiger partial charge on any atom is 0.0447 e. The van der Waals surface area contributed by atoms with Crippen LogP contribution in [0.2, 0.25) is 0 Å². The lowest BCUT2D eigenvalue weighted by atomic mass is 10.00. The highest BCUT2D eigenvalue weighted by atomic mass is 127. The van der Waals surface area contributed by atoms with Crippen LogP contribution in [0.3, 0.4) is 0 Å². The highest BCUT2D eigenvalue weighted by Crippen LogP contribution is 2.34. The van der Waals surface area contributed by atoms with E-state index in [1.165, 1.54) is 30.8 Å². The van der Waals surface area contributed by atoms with Crippen molar-refractivity contribution in [3.63, 3.8) is 0 Å². The lowest BCUT2D eigenvalue weighted by Gasteiger charge is -2.18. The lowest BCUT2D eigenvalue weighted by molar-refractivity contribution is 1.14. The maximum absolute atomic E-state index is 2.41. The van der Waals surface area contributed by atoms with E-state index >= 15 is 0 Å². The van der Waals surface area contributed by atoms with E-state index in [1.54, 1.807) is 0 Å². The van der Waals surface area contributed by atoms with Crippen molar-refractivity contribution in [3.05, 3.63) is 52.1 Å². The topological polar surface area (TPSA) is 3.24 Å². The molecule has 0 aliphatic heterocycles. The molecule has 0 unspecified atom stereocenters. The van der Waals surface area contributed by atoms with Crippen LogP contribution in [0.15, 0.2) is 48.5 Å². The average molecular weight is 347 g/mol. The molecule has 0 aliphatic carbocycles. The van der Waals surface area contributed by atoms with E-state index in [0.29, 0.717) is 0 Å². The van der Waals surface area contributed by atoms with Crippen molar-refractivity contribution in [2.24, 2.45) is 0 Å². The van der Waals surface area contributed by atoms with Gasteiger partial charge in [0.15, 0.2) is 0 Å². The molecule has 1 nitrogen and oxygen atoms in total. The monoisotopic (exact) mass is 347 g/mol. The summed E-state index contributed by atoms with van der Waals surface area (Å²) in [6.07, 6.45) is 0. The zero-order valence-corrected chi connectivity index (χ0v) is 12.6. The summed E-state index contributed by atoms with van der Waals surface area (Å²) < 4.78 is 1.30. The van der Waals surface area contributed by atoms with Gasteiger partial charge in [-0.1, -0.05) is 36.4 Å². The minimum Gasteiger partial charge on any atom is -0.377 e. The summed E-state index contributed by atoms with van der Waals surface area (Å²) >= 11 is 2.41. The Balaban J connectivity index is 2.57. The Morgan fingerprint density at radius 2 is 1.39 bits per heavy atom. The summed E-state index contributed by atoms with van der Waals surface area (Å²) in [6, 6.07) is 17.4. The largest absolute Gasteiger partial charge is 0.377 e. The van der Waals surface area contributed by atoms with Crippen molar-refractivity contribution in [2.75, 3.05) is 19.0 Å². The Morgan fingerprint density at radius 1 is 0.778 bits per heavy atom. The molecule has 18 heavy (non-hydrogen) atoms. The van der Waals surface area contributed by atoms with Crippen molar-refractivity contribution in [1.82, 2.24) is 0 Å². The summed E-state index contributed by atoms with van der Waals surface area (Å²) in [5.41, 5.74) is 1.28. The van der Waals surface area contributed by atoms with Gasteiger partial charge >= 0.3 is 0 Å². The zero-order chi connectivity index (χ0) is 12.7. The lowest BCUT2D eigenvalue weighted by Crippen LogP contribution is -2.09. The third-order valence-electron chi connectivity index (χ3n) is 3.31. The van der Waals surface area contributed by atoms with E-state index < -0.39 is 0 Å². The second-order valence-electron chi connectivity index (χ2n) is 4.67. The molecule has 3 aromatic rings. The van der Waals surface area contributed by atoms with Gasteiger partial charge in [-0.05, 0) is 50.9 Å². The summed E-state index contributed by atoms with van der Waals surface area (Å²) in [5.74, 6) is 0. The molecule has 0 heterocycles. The number of fused-ring (bicyclic) bond motifs is 3. The smallest absolute Gasteiger partial charge is 0.0447 e. The molecule has 0 saturated carbocycles. The predicted molar refractivity (Wildman–Crippen MR) is 88.5 cm³/mol. The van der Waals surface area contributed by atoms with Gasteiger partial charge < -0.3 is 4.90 Å². The van der Waals surface area contributed by atoms with E-state index in [0.717, 1.165) is 0 Å². The van der Waals surface area contributed by atoms with Crippen molar-refractivity contribution in [2.45, 2.75) is 0 Å². The van der Waals surface area contributed by atoms with Crippen LogP contribution in [0.25, 0.3) is 21.5 Å². The van der Waals surface area contributed by atoms with Gasteiger partial charge in [-0.15, -0.1) is 0 Å². The number of rotatable bonds is 1. The van der Waals surface area contributed by atoms with Gasteiger partial charge in [-0.25, -0.2) is 0 Å². The fourth-order valence-electron chi connectivity index (χ4n) is 2.44. The molecule has 0 amide bonds. The van der Waals surface area contributed by atoms with Gasteiger partial charge in [0, 0.05) is 28.7 Å². The quantitative estimate of drug-likeness (QED) is 0.457. The molecule has 0 N–H and O–H groups in total. The van der Waals surface area contributed by atoms with Crippen LogP contribution in [0.4, 0.5) is 5.69 Å². The van der Waals surface area contributed by atoms with Gasteiger partial charge in [-0.3, -0.25) is 0 Å². The van der Waals surface area contributed by atoms with Crippen LogP contribution >= 0.6 is 22.6 Å². The predicted octanol–water partition coefficient (Wildman–Crippen LogP) is 4.66. The van der Waals surface area contributed by atoms with Gasteiger partial charge in [0.1, 0.15) is 0 Å². The van der Waals surface area contributed by atoms with Gasteiger partial charge in [0.25, 0.3) is 0 Å². The van der Waals surface area contributed by atoms with Gasteiger partial charge in [0.2, 0.25) is 0 Å². The van der Waals surface area contributed by atoms with Crippen LogP contribution in [-0.4, -0.2) is 14.1 Å². The fraction of sp³-hybridized carbons (Fsp3) is 0.125. The van der Waals surface area contributed by atoms with E-state index in [-0.39, 0.29) is 0 Å². The molecule has 0 bridgehead atoms. The van der Waals surface area contributed by atoms with Crippen LogP contribution < -0.4 is 4.90 Å². The number of halogens is 1. The molecule has 3 rings (SSSR count). The first-order valence-corrected chi connectivity index (χ1v) is 7.03. The van der Waals surface area contributed by atoms with E-state index in [9.17, 15) is 0 Å². The van der Waals surface area contributed by atoms with Crippen molar-refractivity contribution in [3.8, 4) is 0 Å². The first kappa shape index (κ1) is 11.8. The molecule has 0 radical (unpaired) electrons. The third kappa shape index (κ3) is 1.75.